The van der Waals surface area contributed by atoms with E-state index >= 15 is 0 Å². The van der Waals surface area contributed by atoms with E-state index in [0.717, 1.165) is 23.9 Å². The van der Waals surface area contributed by atoms with Crippen molar-refractivity contribution >= 4 is 11.1 Å². The van der Waals surface area contributed by atoms with Gasteiger partial charge in [-0.05, 0) is 24.5 Å². The number of rotatable bonds is 5. The van der Waals surface area contributed by atoms with Gasteiger partial charge in [-0.3, -0.25) is 0 Å². The lowest BCUT2D eigenvalue weighted by molar-refractivity contribution is 0.602. The number of unbranched alkanes of at least 4 members (excludes halogenated alkanes) is 3. The lowest BCUT2D eigenvalue weighted by Gasteiger charge is -2.01. The van der Waals surface area contributed by atoms with E-state index in [2.05, 4.69) is 18.0 Å². The van der Waals surface area contributed by atoms with Crippen molar-refractivity contribution in [3.05, 3.63) is 37.1 Å². The van der Waals surface area contributed by atoms with E-state index in [4.69, 9.17) is 4.42 Å². The lowest BCUT2D eigenvalue weighted by Crippen LogP contribution is -1.87. The molecule has 0 N–H and O–H groups in total. The highest BCUT2D eigenvalue weighted by molar-refractivity contribution is 5.75. The predicted octanol–water partition coefficient (Wildman–Crippen LogP) is 3.76. The largest absolute Gasteiger partial charge is 0.443 e. The molecular weight excluding hydrogens is 186 g/mol. The van der Waals surface area contributed by atoms with Crippen LogP contribution in [0.2, 0.25) is 0 Å². The predicted molar refractivity (Wildman–Crippen MR) is 61.5 cm³/mol. The number of hydrogen-bond donors (Lipinski definition) is 0. The summed E-state index contributed by atoms with van der Waals surface area (Å²) < 4.78 is 5.26. The van der Waals surface area contributed by atoms with Gasteiger partial charge in [-0.15, -0.1) is 0 Å². The van der Waals surface area contributed by atoms with Crippen molar-refractivity contribution in [3.8, 4) is 0 Å². The van der Waals surface area contributed by atoms with E-state index < -0.39 is 0 Å². The van der Waals surface area contributed by atoms with Gasteiger partial charge in [0.15, 0.2) is 12.0 Å². The number of aryl methyl sites for hydroxylation is 1. The molecule has 2 heteroatoms. The Labute approximate surface area is 90.3 Å². The zero-order valence-corrected chi connectivity index (χ0v) is 8.91. The topological polar surface area (TPSA) is 26.0 Å². The summed E-state index contributed by atoms with van der Waals surface area (Å²) in [6.07, 6.45) is 7.32. The molecule has 2 nitrogen and oxygen atoms in total. The number of para-hydroxylation sites is 1. The van der Waals surface area contributed by atoms with Crippen LogP contribution in [0.3, 0.4) is 0 Å². The van der Waals surface area contributed by atoms with Crippen LogP contribution in [0.25, 0.3) is 11.1 Å². The molecule has 2 rings (SSSR count). The maximum absolute atomic E-state index is 5.26. The lowest BCUT2D eigenvalue weighted by atomic mass is 10.1. The molecule has 79 valence electrons. The highest BCUT2D eigenvalue weighted by Gasteiger charge is 2.03. The summed E-state index contributed by atoms with van der Waals surface area (Å²) in [5.41, 5.74) is 3.21. The first-order valence-electron chi connectivity index (χ1n) is 5.52. The van der Waals surface area contributed by atoms with Gasteiger partial charge < -0.3 is 4.42 Å². The van der Waals surface area contributed by atoms with E-state index in [1.54, 1.807) is 0 Å². The molecule has 0 fully saturated rings. The molecule has 2 aromatic rings. The smallest absolute Gasteiger partial charge is 0.181 e. The standard InChI is InChI=1S/C13H16NO/c1-2-3-4-5-7-11-8-6-9-12-13(11)14-10-15-12/h6,8-10H,1-5,7H2. The zero-order valence-electron chi connectivity index (χ0n) is 8.91. The Morgan fingerprint density at radius 2 is 2.13 bits per heavy atom. The molecule has 0 aliphatic rings. The van der Waals surface area contributed by atoms with Gasteiger partial charge in [-0.25, -0.2) is 4.98 Å². The van der Waals surface area contributed by atoms with Crippen LogP contribution < -0.4 is 0 Å². The Morgan fingerprint density at radius 1 is 1.20 bits per heavy atom. The zero-order chi connectivity index (χ0) is 10.5. The molecule has 1 heterocycles. The van der Waals surface area contributed by atoms with Gasteiger partial charge >= 0.3 is 0 Å². The Morgan fingerprint density at radius 3 is 3.00 bits per heavy atom. The molecule has 15 heavy (non-hydrogen) atoms. The van der Waals surface area contributed by atoms with Gasteiger partial charge in [0.05, 0.1) is 0 Å². The molecule has 1 aromatic carbocycles. The first kappa shape index (κ1) is 10.2. The Balaban J connectivity index is 2.04. The summed E-state index contributed by atoms with van der Waals surface area (Å²) in [6.45, 7) is 3.84. The third-order valence-electron chi connectivity index (χ3n) is 2.64. The van der Waals surface area contributed by atoms with E-state index in [9.17, 15) is 0 Å². The molecule has 0 spiro atoms. The minimum atomic E-state index is 0.893. The maximum Gasteiger partial charge on any atom is 0.181 e. The highest BCUT2D eigenvalue weighted by Crippen LogP contribution is 2.19. The number of hydrogen-bond acceptors (Lipinski definition) is 2. The second-order valence-corrected chi connectivity index (χ2v) is 3.78. The van der Waals surface area contributed by atoms with E-state index in [0.29, 0.717) is 0 Å². The summed E-state index contributed by atoms with van der Waals surface area (Å²) in [7, 11) is 0. The fraction of sp³-hybridized carbons (Fsp3) is 0.385. The second kappa shape index (κ2) is 4.96. The van der Waals surface area contributed by atoms with Gasteiger partial charge in [0.25, 0.3) is 0 Å². The van der Waals surface area contributed by atoms with E-state index in [1.807, 2.05) is 12.1 Å². The SMILES string of the molecule is [CH2]CCCCCc1cccc2ocnc12. The van der Waals surface area contributed by atoms with Crippen molar-refractivity contribution in [1.82, 2.24) is 4.98 Å². The number of benzene rings is 1. The number of fused-ring (bicyclic) bond motifs is 1. The Kier molecular flexibility index (Phi) is 3.38. The summed E-state index contributed by atoms with van der Waals surface area (Å²) in [5, 5.41) is 0. The molecule has 0 aliphatic heterocycles. The van der Waals surface area contributed by atoms with Crippen molar-refractivity contribution in [3.63, 3.8) is 0 Å². The minimum Gasteiger partial charge on any atom is -0.443 e. The molecule has 0 unspecified atom stereocenters. The first-order valence-corrected chi connectivity index (χ1v) is 5.52. The molecule has 0 saturated heterocycles. The summed E-state index contributed by atoms with van der Waals surface area (Å²) in [5.74, 6) is 0. The average Bonchev–Trinajstić information content (AvgIpc) is 2.73. The minimum absolute atomic E-state index is 0.893. The fourth-order valence-electron chi connectivity index (χ4n) is 1.82. The van der Waals surface area contributed by atoms with Crippen LogP contribution in [0.4, 0.5) is 0 Å². The first-order chi connectivity index (χ1) is 7.42. The molecule has 0 saturated carbocycles. The highest BCUT2D eigenvalue weighted by atomic mass is 16.3. The van der Waals surface area contributed by atoms with Gasteiger partial charge in [-0.1, -0.05) is 38.3 Å². The summed E-state index contributed by atoms with van der Waals surface area (Å²) in [4.78, 5) is 4.24. The summed E-state index contributed by atoms with van der Waals surface area (Å²) >= 11 is 0. The van der Waals surface area contributed by atoms with Crippen molar-refractivity contribution in [2.75, 3.05) is 0 Å². The number of oxazole rings is 1. The van der Waals surface area contributed by atoms with Crippen molar-refractivity contribution in [1.29, 1.82) is 0 Å². The number of aromatic nitrogens is 1. The van der Waals surface area contributed by atoms with Crippen LogP contribution >= 0.6 is 0 Å². The Hall–Kier alpha value is -1.31. The average molecular weight is 202 g/mol. The molecule has 0 atom stereocenters. The molecule has 0 amide bonds. The van der Waals surface area contributed by atoms with Crippen molar-refractivity contribution in [2.45, 2.75) is 32.1 Å². The molecule has 1 aromatic heterocycles. The molecule has 0 bridgehead atoms. The quantitative estimate of drug-likeness (QED) is 0.690. The van der Waals surface area contributed by atoms with E-state index in [1.165, 1.54) is 31.2 Å². The van der Waals surface area contributed by atoms with Crippen LogP contribution in [0, 0.1) is 6.92 Å². The van der Waals surface area contributed by atoms with Gasteiger partial charge in [-0.2, -0.15) is 0 Å². The van der Waals surface area contributed by atoms with Gasteiger partial charge in [0, 0.05) is 0 Å². The van der Waals surface area contributed by atoms with Crippen LogP contribution in [0.1, 0.15) is 31.2 Å². The third-order valence-corrected chi connectivity index (χ3v) is 2.64. The van der Waals surface area contributed by atoms with Crippen molar-refractivity contribution in [2.24, 2.45) is 0 Å². The van der Waals surface area contributed by atoms with Crippen molar-refractivity contribution < 1.29 is 4.42 Å². The fourth-order valence-corrected chi connectivity index (χ4v) is 1.82. The molecule has 1 radical (unpaired) electrons. The molecular formula is C13H16NO. The van der Waals surface area contributed by atoms with Crippen LogP contribution in [-0.4, -0.2) is 4.98 Å². The van der Waals surface area contributed by atoms with Crippen LogP contribution in [0.15, 0.2) is 29.0 Å². The monoisotopic (exact) mass is 202 g/mol. The maximum atomic E-state index is 5.26. The third kappa shape index (κ3) is 2.38. The van der Waals surface area contributed by atoms with Crippen LogP contribution in [0.5, 0.6) is 0 Å². The number of nitrogens with zero attached hydrogens (tertiary/aromatic N) is 1. The molecule has 0 aliphatic carbocycles. The summed E-state index contributed by atoms with van der Waals surface area (Å²) in [6, 6.07) is 6.13. The Bertz CT molecular complexity index is 419. The van der Waals surface area contributed by atoms with Gasteiger partial charge in [0.2, 0.25) is 0 Å². The van der Waals surface area contributed by atoms with E-state index in [-0.39, 0.29) is 0 Å². The normalized spacial score (nSPS) is 11.0. The second-order valence-electron chi connectivity index (χ2n) is 3.78. The van der Waals surface area contributed by atoms with Crippen LogP contribution in [-0.2, 0) is 6.42 Å². The van der Waals surface area contributed by atoms with Gasteiger partial charge in [0.1, 0.15) is 5.52 Å².